The number of carbonyl (C=O) groups excluding carboxylic acids is 1. The van der Waals surface area contributed by atoms with Crippen LogP contribution in [0.5, 0.6) is 0 Å². The number of nitrogens with zero attached hydrogens (tertiary/aromatic N) is 1. The Morgan fingerprint density at radius 1 is 1.35 bits per heavy atom. The van der Waals surface area contributed by atoms with Crippen LogP contribution in [0, 0.1) is 5.92 Å². The fourth-order valence-electron chi connectivity index (χ4n) is 2.96. The number of hydrogen-bond acceptors (Lipinski definition) is 3. The monoisotopic (exact) mass is 239 g/mol. The summed E-state index contributed by atoms with van der Waals surface area (Å²) in [5.41, 5.74) is 5.86. The molecule has 0 aliphatic carbocycles. The van der Waals surface area contributed by atoms with Crippen molar-refractivity contribution in [1.29, 1.82) is 0 Å². The highest BCUT2D eigenvalue weighted by Gasteiger charge is 2.32. The maximum Gasteiger partial charge on any atom is 0.237 e. The van der Waals surface area contributed by atoms with Crippen molar-refractivity contribution in [2.45, 2.75) is 57.7 Å². The molecule has 2 aliphatic heterocycles. The van der Waals surface area contributed by atoms with E-state index in [9.17, 15) is 4.79 Å². The van der Waals surface area contributed by atoms with Gasteiger partial charge in [0.1, 0.15) is 0 Å². The van der Waals surface area contributed by atoms with Crippen molar-refractivity contribution in [2.24, 2.45) is 11.7 Å². The molecule has 4 heteroatoms. The van der Waals surface area contributed by atoms with Gasteiger partial charge in [-0.2, -0.15) is 0 Å². The van der Waals surface area contributed by atoms with Gasteiger partial charge in [-0.25, -0.2) is 0 Å². The number of amides is 1. The minimum atomic E-state index is -0.364. The number of piperidine rings is 1. The zero-order valence-corrected chi connectivity index (χ0v) is 11.0. The predicted octanol–water partition coefficient (Wildman–Crippen LogP) is 0.713. The molecule has 0 aromatic rings. The zero-order valence-electron chi connectivity index (χ0n) is 11.0. The maximum atomic E-state index is 11.9. The third-order valence-electron chi connectivity index (χ3n) is 4.19. The van der Waals surface area contributed by atoms with Crippen LogP contribution < -0.4 is 11.1 Å². The van der Waals surface area contributed by atoms with Crippen LogP contribution in [-0.4, -0.2) is 42.0 Å². The minimum Gasteiger partial charge on any atom is -0.352 e. The van der Waals surface area contributed by atoms with E-state index in [2.05, 4.69) is 10.2 Å². The minimum absolute atomic E-state index is 0.0245. The van der Waals surface area contributed by atoms with E-state index in [1.54, 1.807) is 0 Å². The van der Waals surface area contributed by atoms with E-state index in [4.69, 9.17) is 5.73 Å². The molecule has 17 heavy (non-hydrogen) atoms. The number of rotatable bonds is 3. The third-order valence-corrected chi connectivity index (χ3v) is 4.19. The van der Waals surface area contributed by atoms with Gasteiger partial charge >= 0.3 is 0 Å². The van der Waals surface area contributed by atoms with E-state index in [0.717, 1.165) is 19.4 Å². The van der Waals surface area contributed by atoms with Gasteiger partial charge in [0.25, 0.3) is 0 Å². The van der Waals surface area contributed by atoms with Gasteiger partial charge in [-0.3, -0.25) is 4.79 Å². The highest BCUT2D eigenvalue weighted by atomic mass is 16.2. The average molecular weight is 239 g/mol. The van der Waals surface area contributed by atoms with E-state index in [1.807, 2.05) is 13.8 Å². The summed E-state index contributed by atoms with van der Waals surface area (Å²) in [6.07, 6.45) is 4.79. The molecule has 3 N–H and O–H groups in total. The highest BCUT2D eigenvalue weighted by Crippen LogP contribution is 2.26. The third kappa shape index (κ3) is 2.99. The van der Waals surface area contributed by atoms with Crippen LogP contribution in [-0.2, 0) is 4.79 Å². The van der Waals surface area contributed by atoms with Gasteiger partial charge in [0, 0.05) is 18.6 Å². The molecule has 0 aromatic carbocycles. The molecule has 2 aliphatic rings. The lowest BCUT2D eigenvalue weighted by atomic mass is 9.96. The van der Waals surface area contributed by atoms with Crippen LogP contribution >= 0.6 is 0 Å². The smallest absolute Gasteiger partial charge is 0.237 e. The average Bonchev–Trinajstić information content (AvgIpc) is 2.74. The number of carbonyl (C=O) groups is 1. The van der Waals surface area contributed by atoms with Gasteiger partial charge < -0.3 is 16.0 Å². The second-order valence-electron chi connectivity index (χ2n) is 5.83. The first-order valence-corrected chi connectivity index (χ1v) is 6.88. The van der Waals surface area contributed by atoms with Gasteiger partial charge in [-0.1, -0.05) is 13.8 Å². The molecule has 0 bridgehead atoms. The summed E-state index contributed by atoms with van der Waals surface area (Å²) in [5.74, 6) is 0.234. The zero-order chi connectivity index (χ0) is 12.4. The highest BCUT2D eigenvalue weighted by molar-refractivity contribution is 5.82. The molecule has 0 saturated carbocycles. The molecule has 0 aromatic heterocycles. The first kappa shape index (κ1) is 12.8. The normalized spacial score (nSPS) is 31.3. The fraction of sp³-hybridized carbons (Fsp3) is 0.923. The summed E-state index contributed by atoms with van der Waals surface area (Å²) >= 11 is 0. The summed E-state index contributed by atoms with van der Waals surface area (Å²) in [6.45, 7) is 6.36. The summed E-state index contributed by atoms with van der Waals surface area (Å²) in [4.78, 5) is 14.5. The second kappa shape index (κ2) is 5.36. The number of nitrogens with two attached hydrogens (primary N) is 1. The molecule has 0 spiro atoms. The molecular weight excluding hydrogens is 214 g/mol. The van der Waals surface area contributed by atoms with Crippen molar-refractivity contribution >= 4 is 5.91 Å². The van der Waals surface area contributed by atoms with Gasteiger partial charge in [-0.15, -0.1) is 0 Å². The molecule has 2 fully saturated rings. The van der Waals surface area contributed by atoms with E-state index in [1.165, 1.54) is 19.4 Å². The molecule has 4 nitrogen and oxygen atoms in total. The largest absolute Gasteiger partial charge is 0.352 e. The van der Waals surface area contributed by atoms with Crippen LogP contribution in [0.1, 0.15) is 39.5 Å². The number of nitrogens with one attached hydrogen (secondary N) is 1. The second-order valence-corrected chi connectivity index (χ2v) is 5.83. The van der Waals surface area contributed by atoms with Crippen molar-refractivity contribution in [3.63, 3.8) is 0 Å². The number of hydrogen-bond donors (Lipinski definition) is 2. The Morgan fingerprint density at radius 3 is 2.82 bits per heavy atom. The maximum absolute atomic E-state index is 11.9. The molecular formula is C13H25N3O. The van der Waals surface area contributed by atoms with Crippen molar-refractivity contribution in [1.82, 2.24) is 10.2 Å². The van der Waals surface area contributed by atoms with E-state index in [0.29, 0.717) is 12.1 Å². The molecule has 2 heterocycles. The Kier molecular flexibility index (Phi) is 4.05. The van der Waals surface area contributed by atoms with Crippen LogP contribution in [0.15, 0.2) is 0 Å². The molecule has 2 saturated heterocycles. The summed E-state index contributed by atoms with van der Waals surface area (Å²) < 4.78 is 0. The van der Waals surface area contributed by atoms with Gasteiger partial charge in [-0.05, 0) is 38.1 Å². The van der Waals surface area contributed by atoms with Crippen LogP contribution in [0.2, 0.25) is 0 Å². The van der Waals surface area contributed by atoms with Crippen molar-refractivity contribution in [3.05, 3.63) is 0 Å². The SMILES string of the molecule is CC(C)[C@@H](N)C(=O)NC1CCN2CCCC2C1. The molecule has 2 unspecified atom stereocenters. The topological polar surface area (TPSA) is 58.4 Å². The van der Waals surface area contributed by atoms with Crippen LogP contribution in [0.25, 0.3) is 0 Å². The van der Waals surface area contributed by atoms with Crippen molar-refractivity contribution in [3.8, 4) is 0 Å². The Hall–Kier alpha value is -0.610. The first-order chi connectivity index (χ1) is 8.08. The lowest BCUT2D eigenvalue weighted by Crippen LogP contribution is -2.52. The number of fused-ring (bicyclic) bond motifs is 1. The molecule has 0 radical (unpaired) electrons. The van der Waals surface area contributed by atoms with Crippen molar-refractivity contribution in [2.75, 3.05) is 13.1 Å². The fourth-order valence-corrected chi connectivity index (χ4v) is 2.96. The van der Waals surface area contributed by atoms with E-state index >= 15 is 0 Å². The lowest BCUT2D eigenvalue weighted by molar-refractivity contribution is -0.124. The molecule has 2 rings (SSSR count). The van der Waals surface area contributed by atoms with E-state index < -0.39 is 0 Å². The Morgan fingerprint density at radius 2 is 2.12 bits per heavy atom. The summed E-state index contributed by atoms with van der Waals surface area (Å²) in [6, 6.07) is 0.674. The lowest BCUT2D eigenvalue weighted by Gasteiger charge is -2.35. The van der Waals surface area contributed by atoms with Crippen molar-refractivity contribution < 1.29 is 4.79 Å². The van der Waals surface area contributed by atoms with Crippen LogP contribution in [0.3, 0.4) is 0 Å². The first-order valence-electron chi connectivity index (χ1n) is 6.88. The molecule has 3 atom stereocenters. The van der Waals surface area contributed by atoms with E-state index in [-0.39, 0.29) is 17.9 Å². The van der Waals surface area contributed by atoms with Gasteiger partial charge in [0.2, 0.25) is 5.91 Å². The Labute approximate surface area is 104 Å². The Balaban J connectivity index is 1.82. The standard InChI is InChI=1S/C13H25N3O/c1-9(2)12(14)13(17)15-10-5-7-16-6-3-4-11(16)8-10/h9-12H,3-8,14H2,1-2H3,(H,15,17)/t10?,11?,12-/m1/s1. The predicted molar refractivity (Wildman–Crippen MR) is 68.6 cm³/mol. The summed E-state index contributed by atoms with van der Waals surface area (Å²) in [7, 11) is 0. The molecule has 1 amide bonds. The molecule has 98 valence electrons. The quantitative estimate of drug-likeness (QED) is 0.762. The van der Waals surface area contributed by atoms with Gasteiger partial charge in [0.05, 0.1) is 6.04 Å². The summed E-state index contributed by atoms with van der Waals surface area (Å²) in [5, 5.41) is 3.12. The van der Waals surface area contributed by atoms with Gasteiger partial charge in [0.15, 0.2) is 0 Å². The van der Waals surface area contributed by atoms with Crippen LogP contribution in [0.4, 0.5) is 0 Å². The Bertz CT molecular complexity index is 280.